The maximum absolute atomic E-state index is 12.3. The highest BCUT2D eigenvalue weighted by Crippen LogP contribution is 2.26. The molecule has 0 atom stereocenters. The van der Waals surface area contributed by atoms with Crippen LogP contribution in [0.15, 0.2) is 42.5 Å². The van der Waals surface area contributed by atoms with Gasteiger partial charge in [0.1, 0.15) is 11.5 Å². The Morgan fingerprint density at radius 3 is 2.62 bits per heavy atom. The second-order valence-corrected chi connectivity index (χ2v) is 4.33. The Kier molecular flexibility index (Phi) is 4.37. The zero-order valence-electron chi connectivity index (χ0n) is 11.1. The molecule has 0 radical (unpaired) electrons. The summed E-state index contributed by atoms with van der Waals surface area (Å²) in [5, 5.41) is 11.9. The third-order valence-corrected chi connectivity index (χ3v) is 2.81. The number of aryl methyl sites for hydroxylation is 1. The highest BCUT2D eigenvalue weighted by molar-refractivity contribution is 6.05. The van der Waals surface area contributed by atoms with Gasteiger partial charge in [0.05, 0.1) is 5.69 Å². The molecule has 0 aliphatic heterocycles. The fourth-order valence-corrected chi connectivity index (χ4v) is 1.76. The average molecular weight is 293 g/mol. The Morgan fingerprint density at radius 1 is 1.24 bits per heavy atom. The van der Waals surface area contributed by atoms with Crippen LogP contribution in [0.1, 0.15) is 15.9 Å². The molecule has 0 aliphatic rings. The van der Waals surface area contributed by atoms with Crippen molar-refractivity contribution in [3.05, 3.63) is 53.6 Å². The van der Waals surface area contributed by atoms with E-state index < -0.39 is 12.5 Å². The van der Waals surface area contributed by atoms with Crippen LogP contribution in [0.4, 0.5) is 14.5 Å². The lowest BCUT2D eigenvalue weighted by Gasteiger charge is -2.12. The van der Waals surface area contributed by atoms with Gasteiger partial charge in [0.15, 0.2) is 0 Å². The van der Waals surface area contributed by atoms with Crippen molar-refractivity contribution in [3.63, 3.8) is 0 Å². The van der Waals surface area contributed by atoms with Gasteiger partial charge in [0.25, 0.3) is 5.91 Å². The van der Waals surface area contributed by atoms with E-state index in [1.54, 1.807) is 13.0 Å². The number of phenolic OH excluding ortho intramolecular Hbond substituents is 1. The van der Waals surface area contributed by atoms with E-state index in [4.69, 9.17) is 0 Å². The zero-order chi connectivity index (χ0) is 15.4. The minimum atomic E-state index is -2.97. The Morgan fingerprint density at radius 2 is 1.95 bits per heavy atom. The number of carbonyl (C=O) groups is 1. The van der Waals surface area contributed by atoms with Crippen LogP contribution in [0.2, 0.25) is 0 Å². The quantitative estimate of drug-likeness (QED) is 0.906. The number of halogens is 2. The van der Waals surface area contributed by atoms with E-state index in [-0.39, 0.29) is 17.2 Å². The number of ether oxygens (including phenoxy) is 1. The van der Waals surface area contributed by atoms with Crippen molar-refractivity contribution in [3.8, 4) is 11.5 Å². The minimum absolute atomic E-state index is 0.0768. The number of alkyl halides is 2. The van der Waals surface area contributed by atoms with E-state index >= 15 is 0 Å². The fourth-order valence-electron chi connectivity index (χ4n) is 1.76. The topological polar surface area (TPSA) is 58.6 Å². The fraction of sp³-hybridized carbons (Fsp3) is 0.133. The van der Waals surface area contributed by atoms with Crippen molar-refractivity contribution >= 4 is 11.6 Å². The monoisotopic (exact) mass is 293 g/mol. The average Bonchev–Trinajstić information content (AvgIpc) is 2.43. The molecule has 2 aromatic rings. The lowest BCUT2D eigenvalue weighted by molar-refractivity contribution is -0.0493. The summed E-state index contributed by atoms with van der Waals surface area (Å²) in [6, 6.07) is 10.3. The summed E-state index contributed by atoms with van der Waals surface area (Å²) in [6.45, 7) is -1.32. The van der Waals surface area contributed by atoms with Crippen LogP contribution < -0.4 is 10.1 Å². The number of hydrogen-bond donors (Lipinski definition) is 2. The second kappa shape index (κ2) is 6.21. The first-order valence-electron chi connectivity index (χ1n) is 6.12. The van der Waals surface area contributed by atoms with Crippen molar-refractivity contribution in [2.45, 2.75) is 13.5 Å². The minimum Gasteiger partial charge on any atom is -0.508 e. The number of benzene rings is 2. The second-order valence-electron chi connectivity index (χ2n) is 4.33. The van der Waals surface area contributed by atoms with Crippen LogP contribution in [0.3, 0.4) is 0 Å². The first-order valence-corrected chi connectivity index (χ1v) is 6.12. The molecular formula is C15H13F2NO3. The molecular weight excluding hydrogens is 280 g/mol. The largest absolute Gasteiger partial charge is 0.508 e. The van der Waals surface area contributed by atoms with E-state index in [1.807, 2.05) is 0 Å². The van der Waals surface area contributed by atoms with Crippen molar-refractivity contribution < 1.29 is 23.4 Å². The number of para-hydroxylation sites is 2. The predicted molar refractivity (Wildman–Crippen MR) is 73.9 cm³/mol. The molecule has 21 heavy (non-hydrogen) atoms. The summed E-state index contributed by atoms with van der Waals surface area (Å²) < 4.78 is 28.9. The summed E-state index contributed by atoms with van der Waals surface area (Å²) in [6.07, 6.45) is 0. The maximum Gasteiger partial charge on any atom is 0.387 e. The number of amides is 1. The first kappa shape index (κ1) is 14.8. The molecule has 2 rings (SSSR count). The third-order valence-electron chi connectivity index (χ3n) is 2.81. The third kappa shape index (κ3) is 3.68. The number of hydrogen-bond acceptors (Lipinski definition) is 3. The molecule has 110 valence electrons. The molecule has 0 aliphatic carbocycles. The van der Waals surface area contributed by atoms with Gasteiger partial charge in [-0.2, -0.15) is 8.78 Å². The van der Waals surface area contributed by atoms with Crippen molar-refractivity contribution in [1.29, 1.82) is 0 Å². The molecule has 0 spiro atoms. The number of aromatic hydroxyl groups is 1. The van der Waals surface area contributed by atoms with Crippen molar-refractivity contribution in [1.82, 2.24) is 0 Å². The number of carbonyl (C=O) groups excluding carboxylic acids is 1. The van der Waals surface area contributed by atoms with Gasteiger partial charge >= 0.3 is 6.61 Å². The Balaban J connectivity index is 2.21. The number of anilines is 1. The number of rotatable bonds is 4. The van der Waals surface area contributed by atoms with Crippen LogP contribution in [0, 0.1) is 6.92 Å². The number of nitrogens with one attached hydrogen (secondary N) is 1. The van der Waals surface area contributed by atoms with Gasteiger partial charge in [-0.15, -0.1) is 0 Å². The van der Waals surface area contributed by atoms with Crippen LogP contribution in [0.5, 0.6) is 11.5 Å². The molecule has 0 saturated carbocycles. The van der Waals surface area contributed by atoms with Gasteiger partial charge in [-0.05, 0) is 42.8 Å². The lowest BCUT2D eigenvalue weighted by Crippen LogP contribution is -2.14. The summed E-state index contributed by atoms with van der Waals surface area (Å²) in [7, 11) is 0. The Labute approximate surface area is 120 Å². The van der Waals surface area contributed by atoms with Gasteiger partial charge in [-0.1, -0.05) is 12.1 Å². The van der Waals surface area contributed by atoms with E-state index in [2.05, 4.69) is 10.1 Å². The maximum atomic E-state index is 12.3. The van der Waals surface area contributed by atoms with Gasteiger partial charge in [0.2, 0.25) is 0 Å². The molecule has 2 N–H and O–H groups in total. The van der Waals surface area contributed by atoms with E-state index in [0.717, 1.165) is 0 Å². The lowest BCUT2D eigenvalue weighted by atomic mass is 10.1. The molecule has 0 aromatic heterocycles. The molecule has 6 heteroatoms. The normalized spacial score (nSPS) is 10.5. The molecule has 0 bridgehead atoms. The molecule has 2 aromatic carbocycles. The first-order chi connectivity index (χ1) is 9.97. The van der Waals surface area contributed by atoms with E-state index in [0.29, 0.717) is 11.1 Å². The number of phenols is 1. The highest BCUT2D eigenvalue weighted by atomic mass is 19.3. The smallest absolute Gasteiger partial charge is 0.387 e. The summed E-state index contributed by atoms with van der Waals surface area (Å²) >= 11 is 0. The Bertz CT molecular complexity index is 659. The van der Waals surface area contributed by atoms with Gasteiger partial charge in [-0.3, -0.25) is 4.79 Å². The summed E-state index contributed by atoms with van der Waals surface area (Å²) in [4.78, 5) is 12.1. The van der Waals surface area contributed by atoms with Gasteiger partial charge in [-0.25, -0.2) is 0 Å². The zero-order valence-corrected chi connectivity index (χ0v) is 11.1. The molecule has 0 heterocycles. The predicted octanol–water partition coefficient (Wildman–Crippen LogP) is 3.55. The summed E-state index contributed by atoms with van der Waals surface area (Å²) in [5.74, 6) is -0.521. The standard InChI is InChI=1S/C15H13F2NO3/c1-9-8-10(6-7-12(9)19)14(20)18-11-4-2-3-5-13(11)21-15(16)17/h2-8,15,19H,1H3,(H,18,20). The molecule has 0 saturated heterocycles. The SMILES string of the molecule is Cc1cc(C(=O)Nc2ccccc2OC(F)F)ccc1O. The molecule has 0 unspecified atom stereocenters. The molecule has 4 nitrogen and oxygen atoms in total. The van der Waals surface area contributed by atoms with Crippen LogP contribution >= 0.6 is 0 Å². The van der Waals surface area contributed by atoms with Gasteiger partial charge < -0.3 is 15.2 Å². The highest BCUT2D eigenvalue weighted by Gasteiger charge is 2.13. The summed E-state index contributed by atoms with van der Waals surface area (Å²) in [5.41, 5.74) is 0.991. The van der Waals surface area contributed by atoms with Gasteiger partial charge in [0, 0.05) is 5.56 Å². The van der Waals surface area contributed by atoms with Crippen molar-refractivity contribution in [2.75, 3.05) is 5.32 Å². The molecule has 1 amide bonds. The molecule has 0 fully saturated rings. The van der Waals surface area contributed by atoms with Crippen molar-refractivity contribution in [2.24, 2.45) is 0 Å². The van der Waals surface area contributed by atoms with E-state index in [1.165, 1.54) is 36.4 Å². The van der Waals surface area contributed by atoms with Crippen LogP contribution in [-0.2, 0) is 0 Å². The van der Waals surface area contributed by atoms with Crippen LogP contribution in [0.25, 0.3) is 0 Å². The van der Waals surface area contributed by atoms with E-state index in [9.17, 15) is 18.7 Å². The van der Waals surface area contributed by atoms with Crippen LogP contribution in [-0.4, -0.2) is 17.6 Å². The Hall–Kier alpha value is -2.63.